The average molecular weight is 729 g/mol. The molecule has 6 atom stereocenters. The van der Waals surface area contributed by atoms with Crippen molar-refractivity contribution >= 4 is 62.0 Å². The molecule has 1 saturated carbocycles. The minimum absolute atomic E-state index is 0.00487. The number of carbonyl (C=O) groups is 4. The van der Waals surface area contributed by atoms with Crippen LogP contribution >= 0.6 is 15.9 Å². The van der Waals surface area contributed by atoms with Gasteiger partial charge in [-0.05, 0) is 92.4 Å². The molecule has 6 unspecified atom stereocenters. The van der Waals surface area contributed by atoms with Crippen molar-refractivity contribution in [2.45, 2.75) is 25.7 Å². The molecule has 1 N–H and O–H groups in total. The third-order valence-electron chi connectivity index (χ3n) is 11.3. The monoisotopic (exact) mass is 727 g/mol. The molecular weight excluding hydrogens is 698 g/mol. The number of phenols is 1. The van der Waals surface area contributed by atoms with Crippen molar-refractivity contribution in [1.82, 2.24) is 4.98 Å². The lowest BCUT2D eigenvalue weighted by molar-refractivity contribution is -0.131. The number of imide groups is 2. The van der Waals surface area contributed by atoms with Crippen LogP contribution in [-0.2, 0) is 19.2 Å². The fraction of sp³-hybridized carbons (Fsp3) is 0.225. The lowest BCUT2D eigenvalue weighted by atomic mass is 9.51. The molecule has 50 heavy (non-hydrogen) atoms. The fourth-order valence-electron chi connectivity index (χ4n) is 8.94. The zero-order valence-electron chi connectivity index (χ0n) is 26.8. The van der Waals surface area contributed by atoms with Crippen molar-refractivity contribution in [3.8, 4) is 17.2 Å². The summed E-state index contributed by atoms with van der Waals surface area (Å²) in [6, 6.07) is 28.4. The van der Waals surface area contributed by atoms with Gasteiger partial charge in [0.1, 0.15) is 11.3 Å². The van der Waals surface area contributed by atoms with Crippen LogP contribution in [0, 0.1) is 29.1 Å². The molecule has 3 heterocycles. The predicted octanol–water partition coefficient (Wildman–Crippen LogP) is 7.40. The number of fused-ring (bicyclic) bond motifs is 5. The summed E-state index contributed by atoms with van der Waals surface area (Å²) >= 11 is 3.53. The van der Waals surface area contributed by atoms with Gasteiger partial charge in [-0.25, -0.2) is 9.88 Å². The van der Waals surface area contributed by atoms with E-state index >= 15 is 0 Å². The van der Waals surface area contributed by atoms with Crippen molar-refractivity contribution in [3.05, 3.63) is 119 Å². The molecule has 2 saturated heterocycles. The first-order chi connectivity index (χ1) is 24.2. The fourth-order valence-corrected chi connectivity index (χ4v) is 9.32. The molecule has 2 aliphatic carbocycles. The largest absolute Gasteiger partial charge is 0.508 e. The molecule has 9 rings (SSSR count). The molecule has 4 amide bonds. The number of phenolic OH excluding ortho intramolecular Hbond substituents is 1. The third kappa shape index (κ3) is 4.27. The molecule has 5 aromatic rings. The first kappa shape index (κ1) is 30.7. The van der Waals surface area contributed by atoms with Gasteiger partial charge in [0.2, 0.25) is 29.5 Å². The second kappa shape index (κ2) is 11.1. The number of aromatic nitrogens is 1. The smallest absolute Gasteiger partial charge is 0.241 e. The number of allylic oxidation sites excluding steroid dienone is 2. The summed E-state index contributed by atoms with van der Waals surface area (Å²) < 4.78 is 6.62. The van der Waals surface area contributed by atoms with Gasteiger partial charge in [0.05, 0.1) is 34.5 Å². The zero-order valence-corrected chi connectivity index (χ0v) is 28.4. The first-order valence-electron chi connectivity index (χ1n) is 16.6. The van der Waals surface area contributed by atoms with Crippen LogP contribution in [0.15, 0.2) is 118 Å². The summed E-state index contributed by atoms with van der Waals surface area (Å²) in [5.74, 6) is -4.21. The number of hydrogen-bond donors (Lipinski definition) is 1. The number of aromatic hydroxyl groups is 1. The van der Waals surface area contributed by atoms with Crippen LogP contribution < -0.4 is 9.80 Å². The van der Waals surface area contributed by atoms with Crippen LogP contribution in [0.2, 0.25) is 0 Å². The summed E-state index contributed by atoms with van der Waals surface area (Å²) in [7, 11) is 0. The Morgan fingerprint density at radius 3 is 2.30 bits per heavy atom. The number of carbonyl (C=O) groups excluding carboxylic acids is 4. The molecule has 248 valence electrons. The van der Waals surface area contributed by atoms with Crippen molar-refractivity contribution in [3.63, 3.8) is 0 Å². The summed E-state index contributed by atoms with van der Waals surface area (Å²) in [6.45, 7) is 1.81. The first-order valence-corrected chi connectivity index (χ1v) is 17.4. The van der Waals surface area contributed by atoms with Crippen molar-refractivity contribution < 1.29 is 28.7 Å². The Kier molecular flexibility index (Phi) is 6.80. The number of halogens is 1. The second-order valence-electron chi connectivity index (χ2n) is 13.7. The minimum Gasteiger partial charge on any atom is -0.508 e. The van der Waals surface area contributed by atoms with E-state index in [4.69, 9.17) is 4.42 Å². The number of para-hydroxylation sites is 3. The average Bonchev–Trinajstić information content (AvgIpc) is 3.73. The van der Waals surface area contributed by atoms with Crippen LogP contribution in [0.25, 0.3) is 22.6 Å². The Morgan fingerprint density at radius 2 is 1.54 bits per heavy atom. The SMILES string of the molecule is CC12C(=O)N(c3ccccc3)C(=O)C1CC1C(=CCC3C(=O)N(c4ccc(-c5nc6ccccc6o5)cc4)C(=O)C31)C2c1cc(Br)ccc1O. The number of nitrogens with zero attached hydrogens (tertiary/aromatic N) is 3. The molecule has 3 fully saturated rings. The van der Waals surface area contributed by atoms with E-state index in [2.05, 4.69) is 20.9 Å². The van der Waals surface area contributed by atoms with Crippen LogP contribution in [0.4, 0.5) is 11.4 Å². The highest BCUT2D eigenvalue weighted by Gasteiger charge is 2.68. The van der Waals surface area contributed by atoms with Gasteiger partial charge in [-0.1, -0.05) is 57.9 Å². The van der Waals surface area contributed by atoms with E-state index in [1.165, 1.54) is 9.80 Å². The molecule has 1 aromatic heterocycles. The van der Waals surface area contributed by atoms with E-state index in [1.807, 2.05) is 36.4 Å². The Balaban J connectivity index is 1.10. The highest BCUT2D eigenvalue weighted by molar-refractivity contribution is 9.10. The van der Waals surface area contributed by atoms with Crippen LogP contribution in [-0.4, -0.2) is 33.7 Å². The molecule has 2 aliphatic heterocycles. The number of amides is 4. The molecular formula is C40H30BrN3O6. The Labute approximate surface area is 295 Å². The van der Waals surface area contributed by atoms with Gasteiger partial charge in [-0.2, -0.15) is 0 Å². The highest BCUT2D eigenvalue weighted by atomic mass is 79.9. The predicted molar refractivity (Wildman–Crippen MR) is 189 cm³/mol. The van der Waals surface area contributed by atoms with E-state index in [9.17, 15) is 24.3 Å². The maximum atomic E-state index is 14.5. The van der Waals surface area contributed by atoms with Crippen molar-refractivity contribution in [2.24, 2.45) is 29.1 Å². The Hall–Kier alpha value is -5.35. The van der Waals surface area contributed by atoms with E-state index in [-0.39, 0.29) is 35.8 Å². The molecule has 0 spiro atoms. The maximum absolute atomic E-state index is 14.5. The number of rotatable bonds is 4. The lowest BCUT2D eigenvalue weighted by Gasteiger charge is -2.49. The molecule has 9 nitrogen and oxygen atoms in total. The standard InChI is InChI=1S/C40H30BrN3O6/c1-40-29(37(47)44(39(40)49)23-7-3-2-4-8-23)20-27-25(34(40)28-19-22(41)13-18-31(28)45)16-17-26-33(27)38(48)43(36(26)46)24-14-11-21(12-15-24)35-42-30-9-5-6-10-32(30)50-35/h2-16,18-19,26-27,29,33-34,45H,17,20H2,1H3. The van der Waals surface area contributed by atoms with Gasteiger partial charge in [-0.3, -0.25) is 24.1 Å². The van der Waals surface area contributed by atoms with Gasteiger partial charge in [0.15, 0.2) is 5.58 Å². The molecule has 4 aliphatic rings. The third-order valence-corrected chi connectivity index (χ3v) is 11.7. The molecule has 0 bridgehead atoms. The van der Waals surface area contributed by atoms with Gasteiger partial charge in [0.25, 0.3) is 0 Å². The Bertz CT molecular complexity index is 2270. The van der Waals surface area contributed by atoms with Gasteiger partial charge in [0, 0.05) is 21.5 Å². The molecule has 10 heteroatoms. The van der Waals surface area contributed by atoms with E-state index in [0.717, 1.165) is 11.1 Å². The highest BCUT2D eigenvalue weighted by Crippen LogP contribution is 2.64. The zero-order chi connectivity index (χ0) is 34.5. The molecule has 0 radical (unpaired) electrons. The maximum Gasteiger partial charge on any atom is 0.241 e. The van der Waals surface area contributed by atoms with Crippen LogP contribution in [0.1, 0.15) is 31.2 Å². The summed E-state index contributed by atoms with van der Waals surface area (Å²) in [5, 5.41) is 11.3. The summed E-state index contributed by atoms with van der Waals surface area (Å²) in [6.07, 6.45) is 2.51. The van der Waals surface area contributed by atoms with Crippen LogP contribution in [0.5, 0.6) is 5.75 Å². The Morgan fingerprint density at radius 1 is 0.820 bits per heavy atom. The normalized spacial score (nSPS) is 27.4. The van der Waals surface area contributed by atoms with Gasteiger partial charge >= 0.3 is 0 Å². The van der Waals surface area contributed by atoms with E-state index < -0.39 is 35.0 Å². The minimum atomic E-state index is -1.24. The van der Waals surface area contributed by atoms with Gasteiger partial charge in [-0.15, -0.1) is 0 Å². The lowest BCUT2D eigenvalue weighted by Crippen LogP contribution is -2.48. The topological polar surface area (TPSA) is 121 Å². The number of hydrogen-bond acceptors (Lipinski definition) is 7. The molecule has 4 aromatic carbocycles. The number of benzene rings is 4. The number of oxazole rings is 1. The number of anilines is 2. The van der Waals surface area contributed by atoms with Crippen molar-refractivity contribution in [1.29, 1.82) is 0 Å². The summed E-state index contributed by atoms with van der Waals surface area (Å²) in [5.41, 5.74) is 3.09. The van der Waals surface area contributed by atoms with E-state index in [0.29, 0.717) is 44.9 Å². The summed E-state index contributed by atoms with van der Waals surface area (Å²) in [4.78, 5) is 64.5. The van der Waals surface area contributed by atoms with Gasteiger partial charge < -0.3 is 9.52 Å². The van der Waals surface area contributed by atoms with E-state index in [1.54, 1.807) is 73.7 Å². The quantitative estimate of drug-likeness (QED) is 0.151. The van der Waals surface area contributed by atoms with Crippen molar-refractivity contribution in [2.75, 3.05) is 9.80 Å². The van der Waals surface area contributed by atoms with Crippen LogP contribution in [0.3, 0.4) is 0 Å². The second-order valence-corrected chi connectivity index (χ2v) is 14.7.